The fourth-order valence-corrected chi connectivity index (χ4v) is 3.58. The lowest BCUT2D eigenvalue weighted by Gasteiger charge is -2.20. The van der Waals surface area contributed by atoms with Crippen molar-refractivity contribution in [2.24, 2.45) is 13.0 Å². The minimum Gasteiger partial charge on any atom is -0.452 e. The summed E-state index contributed by atoms with van der Waals surface area (Å²) >= 11 is 0. The Morgan fingerprint density at radius 3 is 2.63 bits per heavy atom. The SMILES string of the molecule is Cc1cc(C(=O)OCC(=O)NC(=O)C2CCCCC2)c2c(C)nn(C)c2n1. The number of imide groups is 1. The summed E-state index contributed by atoms with van der Waals surface area (Å²) in [4.78, 5) is 41.0. The molecule has 0 aromatic carbocycles. The lowest BCUT2D eigenvalue weighted by molar-refractivity contribution is -0.135. The lowest BCUT2D eigenvalue weighted by Crippen LogP contribution is -2.38. The molecule has 0 bridgehead atoms. The maximum Gasteiger partial charge on any atom is 0.339 e. The van der Waals surface area contributed by atoms with Crippen molar-refractivity contribution in [2.45, 2.75) is 46.0 Å². The van der Waals surface area contributed by atoms with Crippen molar-refractivity contribution in [3.63, 3.8) is 0 Å². The standard InChI is InChI=1S/C19H24N4O4/c1-11-9-14(16-12(2)22-23(3)17(16)20-11)19(26)27-10-15(24)21-18(25)13-7-5-4-6-8-13/h9,13H,4-8,10H2,1-3H3,(H,21,24,25). The van der Waals surface area contributed by atoms with E-state index in [9.17, 15) is 14.4 Å². The van der Waals surface area contributed by atoms with Gasteiger partial charge in [0.1, 0.15) is 0 Å². The number of nitrogens with one attached hydrogen (secondary N) is 1. The van der Waals surface area contributed by atoms with Crippen molar-refractivity contribution >= 4 is 28.8 Å². The zero-order valence-electron chi connectivity index (χ0n) is 15.9. The van der Waals surface area contributed by atoms with E-state index < -0.39 is 18.5 Å². The lowest BCUT2D eigenvalue weighted by atomic mass is 9.89. The highest BCUT2D eigenvalue weighted by atomic mass is 16.5. The van der Waals surface area contributed by atoms with Gasteiger partial charge in [0.05, 0.1) is 16.6 Å². The zero-order valence-corrected chi connectivity index (χ0v) is 15.9. The Kier molecular flexibility index (Phi) is 5.53. The zero-order chi connectivity index (χ0) is 19.6. The molecule has 2 aromatic rings. The van der Waals surface area contributed by atoms with E-state index in [0.717, 1.165) is 32.1 Å². The Hall–Kier alpha value is -2.77. The van der Waals surface area contributed by atoms with Crippen LogP contribution in [0.4, 0.5) is 0 Å². The number of aryl methyl sites for hydroxylation is 3. The second kappa shape index (κ2) is 7.85. The number of rotatable bonds is 4. The highest BCUT2D eigenvalue weighted by Gasteiger charge is 2.24. The molecular formula is C19H24N4O4. The van der Waals surface area contributed by atoms with Gasteiger partial charge in [0.25, 0.3) is 5.91 Å². The van der Waals surface area contributed by atoms with E-state index in [1.165, 1.54) is 0 Å². The van der Waals surface area contributed by atoms with Crippen LogP contribution in [0.3, 0.4) is 0 Å². The van der Waals surface area contributed by atoms with Crippen LogP contribution in [0.2, 0.25) is 0 Å². The number of ether oxygens (including phenoxy) is 1. The van der Waals surface area contributed by atoms with Crippen LogP contribution >= 0.6 is 0 Å². The quantitative estimate of drug-likeness (QED) is 0.823. The molecule has 1 fully saturated rings. The molecule has 1 aliphatic carbocycles. The molecule has 0 aliphatic heterocycles. The summed E-state index contributed by atoms with van der Waals surface area (Å²) in [5.41, 5.74) is 2.20. The molecule has 144 valence electrons. The maximum absolute atomic E-state index is 12.5. The summed E-state index contributed by atoms with van der Waals surface area (Å²) in [5, 5.41) is 7.22. The van der Waals surface area contributed by atoms with Crippen LogP contribution in [0, 0.1) is 19.8 Å². The van der Waals surface area contributed by atoms with Crippen molar-refractivity contribution in [1.82, 2.24) is 20.1 Å². The predicted molar refractivity (Wildman–Crippen MR) is 98.0 cm³/mol. The number of aromatic nitrogens is 3. The van der Waals surface area contributed by atoms with Gasteiger partial charge in [-0.2, -0.15) is 5.10 Å². The van der Waals surface area contributed by atoms with Crippen LogP contribution in [0.1, 0.15) is 53.8 Å². The third kappa shape index (κ3) is 4.15. The molecule has 0 saturated heterocycles. The Morgan fingerprint density at radius 1 is 1.22 bits per heavy atom. The number of hydrogen-bond acceptors (Lipinski definition) is 6. The first kappa shape index (κ1) is 19.0. The molecule has 27 heavy (non-hydrogen) atoms. The van der Waals surface area contributed by atoms with Gasteiger partial charge >= 0.3 is 5.97 Å². The highest BCUT2D eigenvalue weighted by Crippen LogP contribution is 2.24. The second-order valence-corrected chi connectivity index (χ2v) is 7.04. The van der Waals surface area contributed by atoms with E-state index >= 15 is 0 Å². The normalized spacial score (nSPS) is 14.9. The number of pyridine rings is 1. The summed E-state index contributed by atoms with van der Waals surface area (Å²) in [6, 6.07) is 1.62. The Bertz CT molecular complexity index is 897. The van der Waals surface area contributed by atoms with Crippen LogP contribution in [0.5, 0.6) is 0 Å². The number of nitrogens with zero attached hydrogens (tertiary/aromatic N) is 3. The molecule has 0 spiro atoms. The Morgan fingerprint density at radius 2 is 1.93 bits per heavy atom. The maximum atomic E-state index is 12.5. The van der Waals surface area contributed by atoms with Crippen LogP contribution < -0.4 is 5.32 Å². The van der Waals surface area contributed by atoms with Gasteiger partial charge in [0.15, 0.2) is 12.3 Å². The number of carbonyl (C=O) groups is 3. The fourth-order valence-electron chi connectivity index (χ4n) is 3.58. The molecule has 2 heterocycles. The topological polar surface area (TPSA) is 103 Å². The molecule has 3 rings (SSSR count). The Labute approximate surface area is 157 Å². The van der Waals surface area contributed by atoms with Crippen molar-refractivity contribution in [3.05, 3.63) is 23.0 Å². The smallest absolute Gasteiger partial charge is 0.339 e. The summed E-state index contributed by atoms with van der Waals surface area (Å²) in [6.45, 7) is 3.05. The molecule has 2 aromatic heterocycles. The first-order valence-corrected chi connectivity index (χ1v) is 9.18. The monoisotopic (exact) mass is 372 g/mol. The Balaban J connectivity index is 1.65. The van der Waals surface area contributed by atoms with Gasteiger partial charge in [-0.25, -0.2) is 9.78 Å². The third-order valence-electron chi connectivity index (χ3n) is 4.89. The van der Waals surface area contributed by atoms with E-state index in [4.69, 9.17) is 4.74 Å². The van der Waals surface area contributed by atoms with Crippen LogP contribution in [-0.4, -0.2) is 39.2 Å². The molecule has 1 aliphatic rings. The second-order valence-electron chi connectivity index (χ2n) is 7.04. The first-order valence-electron chi connectivity index (χ1n) is 9.18. The van der Waals surface area contributed by atoms with Gasteiger partial charge < -0.3 is 4.74 Å². The average Bonchev–Trinajstić information content (AvgIpc) is 2.93. The molecule has 1 N–H and O–H groups in total. The summed E-state index contributed by atoms with van der Waals surface area (Å²) < 4.78 is 6.74. The van der Waals surface area contributed by atoms with E-state index in [1.807, 2.05) is 0 Å². The minimum absolute atomic E-state index is 0.126. The van der Waals surface area contributed by atoms with E-state index in [1.54, 1.807) is 31.6 Å². The van der Waals surface area contributed by atoms with Crippen LogP contribution in [-0.2, 0) is 21.4 Å². The molecular weight excluding hydrogens is 348 g/mol. The molecule has 2 amide bonds. The summed E-state index contributed by atoms with van der Waals surface area (Å²) in [6.07, 6.45) is 4.73. The van der Waals surface area contributed by atoms with E-state index in [-0.39, 0.29) is 11.8 Å². The summed E-state index contributed by atoms with van der Waals surface area (Å²) in [7, 11) is 1.75. The third-order valence-corrected chi connectivity index (χ3v) is 4.89. The minimum atomic E-state index is -0.637. The molecule has 1 saturated carbocycles. The predicted octanol–water partition coefficient (Wildman–Crippen LogP) is 1.97. The number of carbonyl (C=O) groups excluding carboxylic acids is 3. The molecule has 8 nitrogen and oxygen atoms in total. The molecule has 8 heteroatoms. The largest absolute Gasteiger partial charge is 0.452 e. The number of hydrogen-bond donors (Lipinski definition) is 1. The van der Waals surface area contributed by atoms with Gasteiger partial charge in [0.2, 0.25) is 5.91 Å². The average molecular weight is 372 g/mol. The van der Waals surface area contributed by atoms with Gasteiger partial charge in [0, 0.05) is 18.7 Å². The van der Waals surface area contributed by atoms with Crippen LogP contribution in [0.25, 0.3) is 11.0 Å². The van der Waals surface area contributed by atoms with Crippen LogP contribution in [0.15, 0.2) is 6.07 Å². The number of amides is 2. The van der Waals surface area contributed by atoms with Gasteiger partial charge in [-0.15, -0.1) is 0 Å². The molecule has 0 atom stereocenters. The molecule has 0 unspecified atom stereocenters. The highest BCUT2D eigenvalue weighted by molar-refractivity contribution is 6.05. The molecule has 0 radical (unpaired) electrons. The van der Waals surface area contributed by atoms with Gasteiger partial charge in [-0.1, -0.05) is 19.3 Å². The van der Waals surface area contributed by atoms with Crippen molar-refractivity contribution in [3.8, 4) is 0 Å². The van der Waals surface area contributed by atoms with Crippen molar-refractivity contribution in [1.29, 1.82) is 0 Å². The van der Waals surface area contributed by atoms with E-state index in [0.29, 0.717) is 28.0 Å². The van der Waals surface area contributed by atoms with Gasteiger partial charge in [-0.05, 0) is 32.8 Å². The number of esters is 1. The summed E-state index contributed by atoms with van der Waals surface area (Å²) in [5.74, 6) is -1.65. The fraction of sp³-hybridized carbons (Fsp3) is 0.526. The first-order chi connectivity index (χ1) is 12.9. The van der Waals surface area contributed by atoms with Crippen molar-refractivity contribution in [2.75, 3.05) is 6.61 Å². The van der Waals surface area contributed by atoms with E-state index in [2.05, 4.69) is 15.4 Å². The van der Waals surface area contributed by atoms with Gasteiger partial charge in [-0.3, -0.25) is 19.6 Å². The number of fused-ring (bicyclic) bond motifs is 1. The van der Waals surface area contributed by atoms with Crippen molar-refractivity contribution < 1.29 is 19.1 Å².